The molecule has 2 unspecified atom stereocenters. The van der Waals surface area contributed by atoms with E-state index in [0.717, 1.165) is 18.8 Å². The van der Waals surface area contributed by atoms with Gasteiger partial charge in [0, 0.05) is 23.5 Å². The van der Waals surface area contributed by atoms with E-state index in [-0.39, 0.29) is 0 Å². The van der Waals surface area contributed by atoms with Crippen molar-refractivity contribution < 1.29 is 0 Å². The number of thioether (sulfide) groups is 1. The van der Waals surface area contributed by atoms with Gasteiger partial charge < -0.3 is 5.32 Å². The molecule has 2 aliphatic rings. The molecule has 1 aromatic heterocycles. The second kappa shape index (κ2) is 5.64. The van der Waals surface area contributed by atoms with Crippen LogP contribution in [-0.4, -0.2) is 22.3 Å². The molecule has 1 aliphatic heterocycles. The van der Waals surface area contributed by atoms with E-state index in [9.17, 15) is 0 Å². The first-order valence-corrected chi connectivity index (χ1v) is 8.84. The molecule has 0 amide bonds. The van der Waals surface area contributed by atoms with Gasteiger partial charge in [0.15, 0.2) is 0 Å². The van der Waals surface area contributed by atoms with Gasteiger partial charge in [-0.1, -0.05) is 20.8 Å². The molecule has 1 N–H and O–H groups in total. The van der Waals surface area contributed by atoms with Crippen molar-refractivity contribution in [1.29, 1.82) is 0 Å². The SMILES string of the molecule is CCNC1CC(C)(C)Cc2nc(C3CCCS3)ncc21. The lowest BCUT2D eigenvalue weighted by molar-refractivity contribution is 0.255. The van der Waals surface area contributed by atoms with E-state index in [1.54, 1.807) is 0 Å². The smallest absolute Gasteiger partial charge is 0.141 e. The monoisotopic (exact) mass is 291 g/mol. The quantitative estimate of drug-likeness (QED) is 0.922. The molecule has 20 heavy (non-hydrogen) atoms. The predicted molar refractivity (Wildman–Crippen MR) is 85.0 cm³/mol. The number of fused-ring (bicyclic) bond motifs is 1. The minimum atomic E-state index is 0.328. The van der Waals surface area contributed by atoms with Gasteiger partial charge in [0.05, 0.1) is 5.25 Å². The lowest BCUT2D eigenvalue weighted by Crippen LogP contribution is -2.34. The third kappa shape index (κ3) is 2.86. The molecule has 2 heterocycles. The number of hydrogen-bond acceptors (Lipinski definition) is 4. The number of rotatable bonds is 3. The van der Waals surface area contributed by atoms with E-state index in [4.69, 9.17) is 4.98 Å². The maximum Gasteiger partial charge on any atom is 0.141 e. The molecule has 1 fully saturated rings. The molecule has 110 valence electrons. The van der Waals surface area contributed by atoms with Crippen LogP contribution in [0.3, 0.4) is 0 Å². The summed E-state index contributed by atoms with van der Waals surface area (Å²) >= 11 is 2.02. The van der Waals surface area contributed by atoms with Gasteiger partial charge in [-0.2, -0.15) is 11.8 Å². The van der Waals surface area contributed by atoms with Crippen LogP contribution in [0.15, 0.2) is 6.20 Å². The van der Waals surface area contributed by atoms with Crippen molar-refractivity contribution in [1.82, 2.24) is 15.3 Å². The van der Waals surface area contributed by atoms with E-state index < -0.39 is 0 Å². The third-order valence-electron chi connectivity index (χ3n) is 4.36. The van der Waals surface area contributed by atoms with E-state index in [0.29, 0.717) is 16.7 Å². The van der Waals surface area contributed by atoms with E-state index in [1.165, 1.54) is 36.3 Å². The molecule has 3 rings (SSSR count). The molecule has 0 spiro atoms. The van der Waals surface area contributed by atoms with Crippen LogP contribution in [0.2, 0.25) is 0 Å². The molecular weight excluding hydrogens is 266 g/mol. The Balaban J connectivity index is 1.92. The summed E-state index contributed by atoms with van der Waals surface area (Å²) in [6, 6.07) is 0.420. The average molecular weight is 291 g/mol. The van der Waals surface area contributed by atoms with Crippen molar-refractivity contribution in [2.24, 2.45) is 5.41 Å². The van der Waals surface area contributed by atoms with Gasteiger partial charge in [-0.15, -0.1) is 0 Å². The largest absolute Gasteiger partial charge is 0.310 e. The van der Waals surface area contributed by atoms with Crippen LogP contribution >= 0.6 is 11.8 Å². The molecule has 4 heteroatoms. The van der Waals surface area contributed by atoms with Crippen LogP contribution in [0.4, 0.5) is 0 Å². The van der Waals surface area contributed by atoms with Crippen LogP contribution in [-0.2, 0) is 6.42 Å². The van der Waals surface area contributed by atoms with Crippen molar-refractivity contribution in [3.8, 4) is 0 Å². The van der Waals surface area contributed by atoms with Gasteiger partial charge in [0.1, 0.15) is 5.82 Å². The first-order chi connectivity index (χ1) is 9.59. The van der Waals surface area contributed by atoms with Crippen LogP contribution in [0.5, 0.6) is 0 Å². The van der Waals surface area contributed by atoms with Gasteiger partial charge in [0.2, 0.25) is 0 Å². The predicted octanol–water partition coefficient (Wildman–Crippen LogP) is 3.67. The van der Waals surface area contributed by atoms with Crippen LogP contribution in [0, 0.1) is 5.41 Å². The Hall–Kier alpha value is -0.610. The van der Waals surface area contributed by atoms with Gasteiger partial charge >= 0.3 is 0 Å². The zero-order valence-corrected chi connectivity index (χ0v) is 13.6. The topological polar surface area (TPSA) is 37.8 Å². The number of nitrogens with zero attached hydrogens (tertiary/aromatic N) is 2. The zero-order chi connectivity index (χ0) is 14.2. The van der Waals surface area contributed by atoms with Crippen molar-refractivity contribution in [2.75, 3.05) is 12.3 Å². The third-order valence-corrected chi connectivity index (χ3v) is 5.74. The Kier molecular flexibility index (Phi) is 4.04. The normalized spacial score (nSPS) is 28.4. The minimum absolute atomic E-state index is 0.328. The highest BCUT2D eigenvalue weighted by molar-refractivity contribution is 7.99. The summed E-state index contributed by atoms with van der Waals surface area (Å²) in [5.41, 5.74) is 2.94. The van der Waals surface area contributed by atoms with E-state index >= 15 is 0 Å². The fourth-order valence-corrected chi connectivity index (χ4v) is 4.64. The molecule has 1 saturated heterocycles. The zero-order valence-electron chi connectivity index (χ0n) is 12.8. The molecule has 0 bridgehead atoms. The minimum Gasteiger partial charge on any atom is -0.310 e. The van der Waals surface area contributed by atoms with Crippen molar-refractivity contribution >= 4 is 11.8 Å². The Morgan fingerprint density at radius 3 is 3.00 bits per heavy atom. The van der Waals surface area contributed by atoms with Crippen LogP contribution in [0.1, 0.15) is 68.4 Å². The summed E-state index contributed by atoms with van der Waals surface area (Å²) in [7, 11) is 0. The summed E-state index contributed by atoms with van der Waals surface area (Å²) in [5, 5.41) is 4.13. The van der Waals surface area contributed by atoms with Gasteiger partial charge in [-0.05, 0) is 43.4 Å². The fourth-order valence-electron chi connectivity index (χ4n) is 3.43. The Bertz CT molecular complexity index is 481. The Morgan fingerprint density at radius 1 is 1.45 bits per heavy atom. The number of hydrogen-bond donors (Lipinski definition) is 1. The van der Waals surface area contributed by atoms with Crippen molar-refractivity contribution in [2.45, 2.75) is 57.7 Å². The summed E-state index contributed by atoms with van der Waals surface area (Å²) in [4.78, 5) is 9.63. The molecule has 2 atom stereocenters. The van der Waals surface area contributed by atoms with Crippen molar-refractivity contribution in [3.05, 3.63) is 23.3 Å². The first-order valence-electron chi connectivity index (χ1n) is 7.80. The molecular formula is C16H25N3S. The summed E-state index contributed by atoms with van der Waals surface area (Å²) in [6.45, 7) is 7.88. The number of nitrogens with one attached hydrogen (secondary N) is 1. The molecule has 0 saturated carbocycles. The highest BCUT2D eigenvalue weighted by atomic mass is 32.2. The standard InChI is InChI=1S/C16H25N3S/c1-4-17-12-8-16(2,3)9-13-11(12)10-18-15(19-13)14-6-5-7-20-14/h10,12,14,17H,4-9H2,1-3H3. The maximum atomic E-state index is 4.95. The molecule has 0 radical (unpaired) electrons. The summed E-state index contributed by atoms with van der Waals surface area (Å²) in [5.74, 6) is 2.33. The molecule has 1 aliphatic carbocycles. The average Bonchev–Trinajstić information content (AvgIpc) is 2.90. The van der Waals surface area contributed by atoms with Crippen molar-refractivity contribution in [3.63, 3.8) is 0 Å². The fraction of sp³-hybridized carbons (Fsp3) is 0.750. The van der Waals surface area contributed by atoms with E-state index in [1.807, 2.05) is 11.8 Å². The second-order valence-corrected chi connectivity index (χ2v) is 8.10. The highest BCUT2D eigenvalue weighted by Crippen LogP contribution is 2.42. The molecule has 0 aromatic carbocycles. The second-order valence-electron chi connectivity index (χ2n) is 6.79. The van der Waals surface area contributed by atoms with Gasteiger partial charge in [0.25, 0.3) is 0 Å². The first kappa shape index (κ1) is 14.3. The Labute approximate surface area is 126 Å². The van der Waals surface area contributed by atoms with E-state index in [2.05, 4.69) is 37.3 Å². The van der Waals surface area contributed by atoms with Crippen LogP contribution in [0.25, 0.3) is 0 Å². The molecule has 1 aromatic rings. The van der Waals surface area contributed by atoms with Gasteiger partial charge in [-0.3, -0.25) is 0 Å². The number of aromatic nitrogens is 2. The summed E-state index contributed by atoms with van der Waals surface area (Å²) in [6.07, 6.45) is 6.90. The van der Waals surface area contributed by atoms with Crippen LogP contribution < -0.4 is 5.32 Å². The Morgan fingerprint density at radius 2 is 2.30 bits per heavy atom. The lowest BCUT2D eigenvalue weighted by Gasteiger charge is -2.36. The molecule has 3 nitrogen and oxygen atoms in total. The van der Waals surface area contributed by atoms with Gasteiger partial charge in [-0.25, -0.2) is 9.97 Å². The maximum absolute atomic E-state index is 4.95. The highest BCUT2D eigenvalue weighted by Gasteiger charge is 2.34. The lowest BCUT2D eigenvalue weighted by atomic mass is 9.74. The summed E-state index contributed by atoms with van der Waals surface area (Å²) < 4.78 is 0.